The molecule has 0 spiro atoms. The van der Waals surface area contributed by atoms with E-state index in [9.17, 15) is 14.4 Å². The van der Waals surface area contributed by atoms with Crippen molar-refractivity contribution in [2.75, 3.05) is 6.54 Å². The summed E-state index contributed by atoms with van der Waals surface area (Å²) in [5.74, 6) is -1.41. The number of Topliss-reactive ketones (excluding diaryl/α,β-unsaturated/α-hetero) is 1. The Morgan fingerprint density at radius 3 is 2.48 bits per heavy atom. The number of nitrogens with one attached hydrogen (secondary N) is 1. The minimum Gasteiger partial charge on any atom is -0.463 e. The molecule has 0 aliphatic rings. The molecule has 8 heteroatoms. The number of aromatic nitrogens is 1. The van der Waals surface area contributed by atoms with E-state index in [1.807, 2.05) is 0 Å². The molecule has 1 unspecified atom stereocenters. The van der Waals surface area contributed by atoms with Gasteiger partial charge in [0, 0.05) is 25.5 Å². The first-order chi connectivity index (χ1) is 13.0. The summed E-state index contributed by atoms with van der Waals surface area (Å²) in [7, 11) is 0. The molecule has 0 radical (unpaired) electrons. The Kier molecular flexibility index (Phi) is 5.37. The molecule has 0 aliphatic carbocycles. The van der Waals surface area contributed by atoms with Gasteiger partial charge >= 0.3 is 11.9 Å². The van der Waals surface area contributed by atoms with Gasteiger partial charge in [-0.25, -0.2) is 9.59 Å². The second kappa shape index (κ2) is 7.88. The van der Waals surface area contributed by atoms with Gasteiger partial charge in [0.05, 0.1) is 23.9 Å². The first-order valence-corrected chi connectivity index (χ1v) is 8.25. The number of hydrogen-bond donors (Lipinski definition) is 2. The SMILES string of the molecule is CC(OC(=O)c1ccc(CC(=O)CN)cc1)OC(=O)c1cc2occc2[nH]1. The van der Waals surface area contributed by atoms with Crippen LogP contribution in [0.25, 0.3) is 11.1 Å². The fraction of sp³-hybridized carbons (Fsp3) is 0.211. The first kappa shape index (κ1) is 18.4. The standard InChI is InChI=1S/C19H18N2O6/c1-11(27-19(24)16-9-17-15(21-16)6-7-25-17)26-18(23)13-4-2-12(3-5-13)8-14(22)10-20/h2-7,9,11,21H,8,10,20H2,1H3. The number of carbonyl (C=O) groups excluding carboxylic acids is 3. The lowest BCUT2D eigenvalue weighted by Crippen LogP contribution is -2.22. The summed E-state index contributed by atoms with van der Waals surface area (Å²) in [6, 6.07) is 9.56. The van der Waals surface area contributed by atoms with Gasteiger partial charge in [0.15, 0.2) is 11.4 Å². The molecular weight excluding hydrogens is 352 g/mol. The number of fused-ring (bicyclic) bond motifs is 1. The molecule has 0 saturated heterocycles. The molecule has 1 aromatic carbocycles. The minimum atomic E-state index is -1.09. The number of ether oxygens (including phenoxy) is 2. The smallest absolute Gasteiger partial charge is 0.357 e. The lowest BCUT2D eigenvalue weighted by molar-refractivity contribution is -0.117. The molecule has 0 fully saturated rings. The van der Waals surface area contributed by atoms with Crippen molar-refractivity contribution in [3.8, 4) is 0 Å². The van der Waals surface area contributed by atoms with Crippen LogP contribution in [-0.4, -0.2) is 35.5 Å². The molecular formula is C19H18N2O6. The van der Waals surface area contributed by atoms with Crippen molar-refractivity contribution in [2.45, 2.75) is 19.6 Å². The predicted octanol–water partition coefficient (Wildman–Crippen LogP) is 2.19. The number of esters is 2. The summed E-state index contributed by atoms with van der Waals surface area (Å²) in [4.78, 5) is 38.4. The molecule has 0 amide bonds. The number of aromatic amines is 1. The van der Waals surface area contributed by atoms with E-state index in [0.29, 0.717) is 11.1 Å². The normalized spacial score (nSPS) is 11.9. The Labute approximate surface area is 154 Å². The van der Waals surface area contributed by atoms with Gasteiger partial charge in [0.1, 0.15) is 5.69 Å². The molecule has 0 aliphatic heterocycles. The first-order valence-electron chi connectivity index (χ1n) is 8.25. The van der Waals surface area contributed by atoms with Crippen LogP contribution < -0.4 is 5.73 Å². The summed E-state index contributed by atoms with van der Waals surface area (Å²) in [6.07, 6.45) is 0.620. The minimum absolute atomic E-state index is 0.0289. The fourth-order valence-electron chi connectivity index (χ4n) is 2.47. The number of nitrogens with two attached hydrogens (primary N) is 1. The van der Waals surface area contributed by atoms with E-state index >= 15 is 0 Å². The molecule has 0 bridgehead atoms. The van der Waals surface area contributed by atoms with Crippen LogP contribution >= 0.6 is 0 Å². The summed E-state index contributed by atoms with van der Waals surface area (Å²) < 4.78 is 15.4. The average molecular weight is 370 g/mol. The van der Waals surface area contributed by atoms with Crippen LogP contribution in [0, 0.1) is 0 Å². The zero-order valence-electron chi connectivity index (χ0n) is 14.6. The molecule has 3 aromatic rings. The molecule has 27 heavy (non-hydrogen) atoms. The van der Waals surface area contributed by atoms with E-state index in [0.717, 1.165) is 5.56 Å². The highest BCUT2D eigenvalue weighted by atomic mass is 16.7. The monoisotopic (exact) mass is 370 g/mol. The predicted molar refractivity (Wildman–Crippen MR) is 95.1 cm³/mol. The van der Waals surface area contributed by atoms with Gasteiger partial charge in [-0.05, 0) is 17.7 Å². The van der Waals surface area contributed by atoms with E-state index in [4.69, 9.17) is 19.6 Å². The molecule has 2 aromatic heterocycles. The number of carbonyl (C=O) groups is 3. The van der Waals surface area contributed by atoms with Crippen LogP contribution in [0.3, 0.4) is 0 Å². The van der Waals surface area contributed by atoms with Crippen molar-refractivity contribution in [3.63, 3.8) is 0 Å². The zero-order chi connectivity index (χ0) is 19.4. The van der Waals surface area contributed by atoms with Crippen molar-refractivity contribution in [1.29, 1.82) is 0 Å². The topological polar surface area (TPSA) is 125 Å². The molecule has 140 valence electrons. The third-order valence-electron chi connectivity index (χ3n) is 3.82. The van der Waals surface area contributed by atoms with Crippen molar-refractivity contribution >= 4 is 28.8 Å². The highest BCUT2D eigenvalue weighted by Crippen LogP contribution is 2.17. The highest BCUT2D eigenvalue weighted by Gasteiger charge is 2.19. The van der Waals surface area contributed by atoms with Crippen molar-refractivity contribution in [2.24, 2.45) is 5.73 Å². The third kappa shape index (κ3) is 4.42. The maximum absolute atomic E-state index is 12.1. The molecule has 3 rings (SSSR count). The van der Waals surface area contributed by atoms with Crippen LogP contribution in [0.2, 0.25) is 0 Å². The van der Waals surface area contributed by atoms with Crippen LogP contribution in [0.15, 0.2) is 47.1 Å². The van der Waals surface area contributed by atoms with Gasteiger partial charge in [-0.3, -0.25) is 4.79 Å². The quantitative estimate of drug-likeness (QED) is 0.482. The lowest BCUT2D eigenvalue weighted by atomic mass is 10.1. The van der Waals surface area contributed by atoms with Gasteiger partial charge in [-0.1, -0.05) is 12.1 Å². The van der Waals surface area contributed by atoms with Crippen molar-refractivity contribution in [1.82, 2.24) is 4.98 Å². The Morgan fingerprint density at radius 2 is 1.81 bits per heavy atom. The van der Waals surface area contributed by atoms with Crippen molar-refractivity contribution < 1.29 is 28.3 Å². The van der Waals surface area contributed by atoms with Gasteiger partial charge < -0.3 is 24.6 Å². The second-order valence-corrected chi connectivity index (χ2v) is 5.88. The van der Waals surface area contributed by atoms with E-state index < -0.39 is 18.2 Å². The average Bonchev–Trinajstić information content (AvgIpc) is 3.24. The van der Waals surface area contributed by atoms with Crippen molar-refractivity contribution in [3.05, 3.63) is 59.5 Å². The van der Waals surface area contributed by atoms with Gasteiger partial charge in [-0.15, -0.1) is 0 Å². The van der Waals surface area contributed by atoms with E-state index in [2.05, 4.69) is 4.98 Å². The van der Waals surface area contributed by atoms with Crippen LogP contribution in [0.1, 0.15) is 33.3 Å². The number of furan rings is 1. The van der Waals surface area contributed by atoms with Gasteiger partial charge in [0.25, 0.3) is 0 Å². The number of ketones is 1. The van der Waals surface area contributed by atoms with Crippen LogP contribution in [0.5, 0.6) is 0 Å². The molecule has 3 N–H and O–H groups in total. The Bertz CT molecular complexity index is 941. The molecule has 0 saturated carbocycles. The zero-order valence-corrected chi connectivity index (χ0v) is 14.6. The van der Waals surface area contributed by atoms with Crippen LogP contribution in [-0.2, 0) is 20.7 Å². The summed E-state index contributed by atoms with van der Waals surface area (Å²) in [5.41, 5.74) is 7.69. The van der Waals surface area contributed by atoms with Gasteiger partial charge in [0.2, 0.25) is 6.29 Å². The van der Waals surface area contributed by atoms with E-state index in [-0.39, 0.29) is 30.0 Å². The number of benzene rings is 1. The Hall–Kier alpha value is -3.39. The third-order valence-corrected chi connectivity index (χ3v) is 3.82. The summed E-state index contributed by atoms with van der Waals surface area (Å²) >= 11 is 0. The summed E-state index contributed by atoms with van der Waals surface area (Å²) in [6.45, 7) is 1.41. The lowest BCUT2D eigenvalue weighted by Gasteiger charge is -2.13. The van der Waals surface area contributed by atoms with Gasteiger partial charge in [-0.2, -0.15) is 0 Å². The fourth-order valence-corrected chi connectivity index (χ4v) is 2.47. The number of H-pyrrole nitrogens is 1. The molecule has 2 heterocycles. The maximum Gasteiger partial charge on any atom is 0.357 e. The second-order valence-electron chi connectivity index (χ2n) is 5.88. The summed E-state index contributed by atoms with van der Waals surface area (Å²) in [5, 5.41) is 0. The van der Waals surface area contributed by atoms with E-state index in [1.165, 1.54) is 31.4 Å². The molecule has 1 atom stereocenters. The Morgan fingerprint density at radius 1 is 1.11 bits per heavy atom. The maximum atomic E-state index is 12.1. The van der Waals surface area contributed by atoms with E-state index in [1.54, 1.807) is 18.2 Å². The van der Waals surface area contributed by atoms with Crippen LogP contribution in [0.4, 0.5) is 0 Å². The largest absolute Gasteiger partial charge is 0.463 e. The number of rotatable bonds is 7. The number of hydrogen-bond acceptors (Lipinski definition) is 7. The molecule has 8 nitrogen and oxygen atoms in total. The Balaban J connectivity index is 1.55. The highest BCUT2D eigenvalue weighted by molar-refractivity contribution is 5.93.